The van der Waals surface area contributed by atoms with Gasteiger partial charge in [0.1, 0.15) is 0 Å². The Morgan fingerprint density at radius 3 is 2.53 bits per heavy atom. The van der Waals surface area contributed by atoms with Crippen LogP contribution in [0, 0.1) is 11.8 Å². The Labute approximate surface area is 122 Å². The fourth-order valence-electron chi connectivity index (χ4n) is 3.23. The predicted molar refractivity (Wildman–Crippen MR) is 78.5 cm³/mol. The number of piperidine rings is 1. The number of hydrogen-bond donors (Lipinski definition) is 0. The van der Waals surface area contributed by atoms with Crippen LogP contribution in [0.4, 0.5) is 0 Å². The first-order chi connectivity index (χ1) is 8.96. The summed E-state index contributed by atoms with van der Waals surface area (Å²) in [7, 11) is -3.29. The van der Waals surface area contributed by atoms with Gasteiger partial charge < -0.3 is 0 Å². The molecule has 0 aliphatic carbocycles. The van der Waals surface area contributed by atoms with Crippen LogP contribution in [0.3, 0.4) is 0 Å². The van der Waals surface area contributed by atoms with Crippen molar-refractivity contribution in [3.8, 4) is 0 Å². The lowest BCUT2D eigenvalue weighted by Crippen LogP contribution is -2.50. The zero-order valence-electron chi connectivity index (χ0n) is 11.9. The maximum Gasteiger partial charge on any atom is 0.282 e. The SMILES string of the molecule is CC(C)C1CCCN1S(=O)(=O)N1CCCC(CCl)C1. The average Bonchev–Trinajstić information content (AvgIpc) is 2.89. The molecule has 0 aromatic carbocycles. The summed E-state index contributed by atoms with van der Waals surface area (Å²) in [6.45, 7) is 6.13. The number of hydrogen-bond acceptors (Lipinski definition) is 2. The van der Waals surface area contributed by atoms with E-state index in [2.05, 4.69) is 13.8 Å². The first-order valence-corrected chi connectivity index (χ1v) is 9.23. The molecular weight excluding hydrogens is 284 g/mol. The van der Waals surface area contributed by atoms with Gasteiger partial charge in [-0.3, -0.25) is 0 Å². The van der Waals surface area contributed by atoms with Crippen molar-refractivity contribution < 1.29 is 8.42 Å². The molecule has 0 bridgehead atoms. The Hall–Kier alpha value is 0.160. The van der Waals surface area contributed by atoms with E-state index in [1.807, 2.05) is 0 Å². The van der Waals surface area contributed by atoms with E-state index in [9.17, 15) is 8.42 Å². The quantitative estimate of drug-likeness (QED) is 0.748. The van der Waals surface area contributed by atoms with Crippen LogP contribution in [0.1, 0.15) is 39.5 Å². The van der Waals surface area contributed by atoms with Gasteiger partial charge in [0.05, 0.1) is 0 Å². The van der Waals surface area contributed by atoms with Crippen LogP contribution < -0.4 is 0 Å². The van der Waals surface area contributed by atoms with Crippen LogP contribution in [0.2, 0.25) is 0 Å². The molecule has 2 saturated heterocycles. The van der Waals surface area contributed by atoms with Gasteiger partial charge >= 0.3 is 0 Å². The second-order valence-electron chi connectivity index (χ2n) is 6.09. The van der Waals surface area contributed by atoms with E-state index in [-0.39, 0.29) is 6.04 Å². The largest absolute Gasteiger partial charge is 0.282 e. The van der Waals surface area contributed by atoms with Gasteiger partial charge in [0.25, 0.3) is 10.2 Å². The highest BCUT2D eigenvalue weighted by Gasteiger charge is 2.40. The number of nitrogens with zero attached hydrogens (tertiary/aromatic N) is 2. The van der Waals surface area contributed by atoms with Gasteiger partial charge in [0.15, 0.2) is 0 Å². The van der Waals surface area contributed by atoms with Crippen LogP contribution >= 0.6 is 11.6 Å². The summed E-state index contributed by atoms with van der Waals surface area (Å²) in [4.78, 5) is 0. The zero-order chi connectivity index (χ0) is 14.0. The van der Waals surface area contributed by atoms with Crippen molar-refractivity contribution >= 4 is 21.8 Å². The highest BCUT2D eigenvalue weighted by Crippen LogP contribution is 2.30. The topological polar surface area (TPSA) is 40.6 Å². The summed E-state index contributed by atoms with van der Waals surface area (Å²) in [6, 6.07) is 0.168. The molecule has 2 unspecified atom stereocenters. The third kappa shape index (κ3) is 3.26. The molecule has 6 heteroatoms. The average molecular weight is 309 g/mol. The zero-order valence-corrected chi connectivity index (χ0v) is 13.5. The molecule has 2 heterocycles. The third-order valence-corrected chi connectivity index (χ3v) is 6.81. The standard InChI is InChI=1S/C13H25ClN2O2S/c1-11(2)13-6-4-8-16(13)19(17,18)15-7-3-5-12(9-14)10-15/h11-13H,3-10H2,1-2H3. The van der Waals surface area contributed by atoms with Gasteiger partial charge in [0.2, 0.25) is 0 Å². The summed E-state index contributed by atoms with van der Waals surface area (Å²) in [5, 5.41) is 0. The highest BCUT2D eigenvalue weighted by molar-refractivity contribution is 7.86. The molecule has 0 spiro atoms. The molecule has 112 valence electrons. The molecule has 2 aliphatic heterocycles. The van der Waals surface area contributed by atoms with Crippen molar-refractivity contribution in [2.75, 3.05) is 25.5 Å². The van der Waals surface area contributed by atoms with Crippen LogP contribution in [-0.4, -0.2) is 48.6 Å². The van der Waals surface area contributed by atoms with Crippen molar-refractivity contribution in [2.24, 2.45) is 11.8 Å². The van der Waals surface area contributed by atoms with Crippen molar-refractivity contribution in [3.63, 3.8) is 0 Å². The summed E-state index contributed by atoms with van der Waals surface area (Å²) >= 11 is 5.90. The van der Waals surface area contributed by atoms with E-state index >= 15 is 0 Å². The monoisotopic (exact) mass is 308 g/mol. The Kier molecular flexibility index (Phi) is 5.15. The summed E-state index contributed by atoms with van der Waals surface area (Å²) < 4.78 is 28.9. The van der Waals surface area contributed by atoms with E-state index in [1.54, 1.807) is 8.61 Å². The minimum absolute atomic E-state index is 0.168. The van der Waals surface area contributed by atoms with Crippen molar-refractivity contribution in [3.05, 3.63) is 0 Å². The van der Waals surface area contributed by atoms with E-state index in [4.69, 9.17) is 11.6 Å². The Bertz CT molecular complexity index is 399. The second kappa shape index (κ2) is 6.29. The molecule has 19 heavy (non-hydrogen) atoms. The minimum Gasteiger partial charge on any atom is -0.195 e. The third-order valence-electron chi connectivity index (χ3n) is 4.34. The molecule has 4 nitrogen and oxygen atoms in total. The van der Waals surface area contributed by atoms with Gasteiger partial charge in [0, 0.05) is 31.6 Å². The molecular formula is C13H25ClN2O2S. The van der Waals surface area contributed by atoms with Crippen LogP contribution in [0.5, 0.6) is 0 Å². The van der Waals surface area contributed by atoms with Crippen molar-refractivity contribution in [2.45, 2.75) is 45.6 Å². The molecule has 2 aliphatic rings. The number of alkyl halides is 1. The molecule has 0 amide bonds. The fourth-order valence-corrected chi connectivity index (χ4v) is 5.59. The van der Waals surface area contributed by atoms with Crippen molar-refractivity contribution in [1.82, 2.24) is 8.61 Å². The lowest BCUT2D eigenvalue weighted by Gasteiger charge is -2.36. The summed E-state index contributed by atoms with van der Waals surface area (Å²) in [6.07, 6.45) is 3.94. The molecule has 0 aromatic rings. The molecule has 0 N–H and O–H groups in total. The van der Waals surface area contributed by atoms with Gasteiger partial charge in [-0.05, 0) is 37.5 Å². The number of halogens is 1. The van der Waals surface area contributed by atoms with Crippen LogP contribution in [0.25, 0.3) is 0 Å². The maximum atomic E-state index is 12.8. The number of rotatable bonds is 4. The Balaban J connectivity index is 2.13. The Morgan fingerprint density at radius 1 is 1.21 bits per heavy atom. The van der Waals surface area contributed by atoms with Gasteiger partial charge in [-0.15, -0.1) is 11.6 Å². The second-order valence-corrected chi connectivity index (χ2v) is 8.28. The van der Waals surface area contributed by atoms with E-state index in [1.165, 1.54) is 0 Å². The van der Waals surface area contributed by atoms with E-state index < -0.39 is 10.2 Å². The van der Waals surface area contributed by atoms with Gasteiger partial charge in [-0.1, -0.05) is 13.8 Å². The molecule has 2 fully saturated rings. The Morgan fingerprint density at radius 2 is 1.89 bits per heavy atom. The lowest BCUT2D eigenvalue weighted by molar-refractivity contribution is 0.241. The summed E-state index contributed by atoms with van der Waals surface area (Å²) in [5.41, 5.74) is 0. The van der Waals surface area contributed by atoms with Crippen LogP contribution in [0.15, 0.2) is 0 Å². The predicted octanol–water partition coefficient (Wildman–Crippen LogP) is 2.30. The highest BCUT2D eigenvalue weighted by atomic mass is 35.5. The fraction of sp³-hybridized carbons (Fsp3) is 1.00. The molecule has 0 radical (unpaired) electrons. The maximum absolute atomic E-state index is 12.8. The first-order valence-electron chi connectivity index (χ1n) is 7.29. The van der Waals surface area contributed by atoms with Gasteiger partial charge in [-0.2, -0.15) is 17.0 Å². The van der Waals surface area contributed by atoms with Crippen molar-refractivity contribution in [1.29, 1.82) is 0 Å². The molecule has 2 rings (SSSR count). The summed E-state index contributed by atoms with van der Waals surface area (Å²) in [5.74, 6) is 1.25. The molecule has 0 aromatic heterocycles. The van der Waals surface area contributed by atoms with Gasteiger partial charge in [-0.25, -0.2) is 0 Å². The van der Waals surface area contributed by atoms with Crippen LogP contribution in [-0.2, 0) is 10.2 Å². The molecule has 2 atom stereocenters. The minimum atomic E-state index is -3.29. The van der Waals surface area contributed by atoms with E-state index in [0.29, 0.717) is 37.4 Å². The molecule has 0 saturated carbocycles. The lowest BCUT2D eigenvalue weighted by atomic mass is 10.0. The van der Waals surface area contributed by atoms with E-state index in [0.717, 1.165) is 25.7 Å². The normalized spacial score (nSPS) is 31.2. The first kappa shape index (κ1) is 15.5. The smallest absolute Gasteiger partial charge is 0.195 e.